The van der Waals surface area contributed by atoms with E-state index in [0.29, 0.717) is 12.8 Å². The van der Waals surface area contributed by atoms with Crippen molar-refractivity contribution < 1.29 is 28.5 Å². The average Bonchev–Trinajstić information content (AvgIpc) is 2.33. The highest BCUT2D eigenvalue weighted by molar-refractivity contribution is 7.89. The lowest BCUT2D eigenvalue weighted by molar-refractivity contribution is -0.0271. The molecule has 1 aliphatic carbocycles. The number of sulfonamides is 1. The van der Waals surface area contributed by atoms with Crippen LogP contribution in [0.25, 0.3) is 0 Å². The summed E-state index contributed by atoms with van der Waals surface area (Å²) in [6, 6.07) is 2.01. The molecular weight excluding hydrogens is 298 g/mol. The van der Waals surface area contributed by atoms with Crippen LogP contribution in [-0.2, 0) is 10.0 Å². The molecule has 0 saturated heterocycles. The zero-order chi connectivity index (χ0) is 15.8. The van der Waals surface area contributed by atoms with Crippen molar-refractivity contribution in [3.63, 3.8) is 0 Å². The number of nitrogens with one attached hydrogen (secondary N) is 1. The number of hydrogen-bond donors (Lipinski definition) is 4. The second kappa shape index (κ2) is 5.28. The predicted molar refractivity (Wildman–Crippen MR) is 73.8 cm³/mol. The minimum absolute atomic E-state index is 0.113. The van der Waals surface area contributed by atoms with Gasteiger partial charge in [0.05, 0.1) is 10.5 Å². The molecule has 2 rings (SSSR count). The lowest BCUT2D eigenvalue weighted by atomic mass is 9.81. The Hall–Kier alpha value is -1.64. The molecule has 0 aliphatic heterocycles. The quantitative estimate of drug-likeness (QED) is 0.630. The molecule has 1 aromatic rings. The van der Waals surface area contributed by atoms with E-state index in [0.717, 1.165) is 18.6 Å². The summed E-state index contributed by atoms with van der Waals surface area (Å²) in [5.41, 5.74) is -1.28. The Labute approximate surface area is 122 Å². The highest BCUT2D eigenvalue weighted by Gasteiger charge is 2.35. The third kappa shape index (κ3) is 3.17. The summed E-state index contributed by atoms with van der Waals surface area (Å²) in [7, 11) is -3.96. The number of aliphatic hydroxyl groups is 1. The van der Waals surface area contributed by atoms with Crippen LogP contribution in [-0.4, -0.2) is 41.9 Å². The smallest absolute Gasteiger partial charge is 0.339 e. The number of aromatic hydroxyl groups is 1. The van der Waals surface area contributed by atoms with Gasteiger partial charge in [0.25, 0.3) is 0 Å². The molecule has 7 nitrogen and oxygen atoms in total. The molecule has 1 aliphatic rings. The second-order valence-corrected chi connectivity index (χ2v) is 7.08. The molecular formula is C13H17NO6S. The van der Waals surface area contributed by atoms with Crippen molar-refractivity contribution >= 4 is 16.0 Å². The number of carbonyl (C=O) groups is 1. The van der Waals surface area contributed by atoms with Crippen LogP contribution in [0.2, 0.25) is 0 Å². The van der Waals surface area contributed by atoms with Crippen LogP contribution in [0, 0.1) is 6.92 Å². The number of aryl methyl sites for hydroxylation is 1. The summed E-state index contributed by atoms with van der Waals surface area (Å²) >= 11 is 0. The van der Waals surface area contributed by atoms with Gasteiger partial charge in [-0.3, -0.25) is 0 Å². The van der Waals surface area contributed by atoms with Gasteiger partial charge in [0.1, 0.15) is 11.3 Å². The molecule has 0 heterocycles. The monoisotopic (exact) mass is 315 g/mol. The van der Waals surface area contributed by atoms with E-state index in [1.807, 2.05) is 0 Å². The number of aromatic carboxylic acids is 1. The SMILES string of the molecule is Cc1cc(O)c(C(=O)O)cc1S(=O)(=O)NCC1(O)CCC1. The predicted octanol–water partition coefficient (Wildman–Crippen LogP) is 0.592. The molecule has 21 heavy (non-hydrogen) atoms. The number of benzene rings is 1. The lowest BCUT2D eigenvalue weighted by Crippen LogP contribution is -2.47. The maximum Gasteiger partial charge on any atom is 0.339 e. The number of hydrogen-bond acceptors (Lipinski definition) is 5. The Bertz CT molecular complexity index is 678. The topological polar surface area (TPSA) is 124 Å². The van der Waals surface area contributed by atoms with Gasteiger partial charge in [-0.2, -0.15) is 0 Å². The second-order valence-electron chi connectivity index (χ2n) is 5.34. The van der Waals surface area contributed by atoms with E-state index in [-0.39, 0.29) is 17.0 Å². The third-order valence-electron chi connectivity index (χ3n) is 3.69. The van der Waals surface area contributed by atoms with Crippen LogP contribution in [0.5, 0.6) is 5.75 Å². The van der Waals surface area contributed by atoms with Crippen LogP contribution in [0.3, 0.4) is 0 Å². The molecule has 1 saturated carbocycles. The molecule has 0 unspecified atom stereocenters. The first-order valence-electron chi connectivity index (χ1n) is 6.44. The van der Waals surface area contributed by atoms with Gasteiger partial charge in [0.15, 0.2) is 0 Å². The van der Waals surface area contributed by atoms with Gasteiger partial charge in [-0.15, -0.1) is 0 Å². The van der Waals surface area contributed by atoms with Crippen molar-refractivity contribution in [2.24, 2.45) is 0 Å². The fraction of sp³-hybridized carbons (Fsp3) is 0.462. The standard InChI is InChI=1S/C13H17NO6S/c1-8-5-10(15)9(12(16)17)6-11(8)21(19,20)14-7-13(18)3-2-4-13/h5-6,14-15,18H,2-4,7H2,1H3,(H,16,17). The van der Waals surface area contributed by atoms with Crippen LogP contribution < -0.4 is 4.72 Å². The van der Waals surface area contributed by atoms with Gasteiger partial charge in [-0.25, -0.2) is 17.9 Å². The van der Waals surface area contributed by atoms with Gasteiger partial charge in [-0.1, -0.05) is 0 Å². The first kappa shape index (κ1) is 15.7. The van der Waals surface area contributed by atoms with Crippen molar-refractivity contribution in [1.29, 1.82) is 0 Å². The van der Waals surface area contributed by atoms with Crippen LogP contribution in [0.1, 0.15) is 35.2 Å². The summed E-state index contributed by atoms with van der Waals surface area (Å²) in [6.45, 7) is 1.34. The minimum atomic E-state index is -3.96. The summed E-state index contributed by atoms with van der Waals surface area (Å²) < 4.78 is 26.7. The molecule has 116 valence electrons. The molecule has 1 aromatic carbocycles. The molecule has 0 spiro atoms. The Balaban J connectivity index is 2.30. The highest BCUT2D eigenvalue weighted by atomic mass is 32.2. The molecule has 0 amide bonds. The van der Waals surface area contributed by atoms with Crippen LogP contribution in [0.15, 0.2) is 17.0 Å². The van der Waals surface area contributed by atoms with Crippen molar-refractivity contribution in [3.8, 4) is 5.75 Å². The zero-order valence-electron chi connectivity index (χ0n) is 11.5. The Morgan fingerprint density at radius 3 is 2.48 bits per heavy atom. The first-order chi connectivity index (χ1) is 9.65. The van der Waals surface area contributed by atoms with Gasteiger partial charge < -0.3 is 15.3 Å². The Morgan fingerprint density at radius 1 is 1.38 bits per heavy atom. The van der Waals surface area contributed by atoms with Gasteiger partial charge in [0, 0.05) is 6.54 Å². The summed E-state index contributed by atoms with van der Waals surface area (Å²) in [6.07, 6.45) is 1.91. The minimum Gasteiger partial charge on any atom is -0.507 e. The maximum absolute atomic E-state index is 12.2. The fourth-order valence-electron chi connectivity index (χ4n) is 2.20. The number of carboxylic acids is 1. The fourth-order valence-corrected chi connectivity index (χ4v) is 3.57. The molecule has 4 N–H and O–H groups in total. The number of carboxylic acid groups (broad SMARTS) is 1. The molecule has 1 fully saturated rings. The lowest BCUT2D eigenvalue weighted by Gasteiger charge is -2.36. The van der Waals surface area contributed by atoms with E-state index in [1.54, 1.807) is 0 Å². The van der Waals surface area contributed by atoms with E-state index in [1.165, 1.54) is 6.92 Å². The van der Waals surface area contributed by atoms with Crippen molar-refractivity contribution in [2.75, 3.05) is 6.54 Å². The van der Waals surface area contributed by atoms with E-state index in [2.05, 4.69) is 4.72 Å². The first-order valence-corrected chi connectivity index (χ1v) is 7.92. The van der Waals surface area contributed by atoms with E-state index < -0.39 is 32.9 Å². The van der Waals surface area contributed by atoms with Crippen molar-refractivity contribution in [2.45, 2.75) is 36.7 Å². The number of rotatable bonds is 5. The largest absolute Gasteiger partial charge is 0.507 e. The molecule has 0 radical (unpaired) electrons. The van der Waals surface area contributed by atoms with Crippen molar-refractivity contribution in [1.82, 2.24) is 4.72 Å². The summed E-state index contributed by atoms with van der Waals surface area (Å²) in [5, 5.41) is 28.4. The zero-order valence-corrected chi connectivity index (χ0v) is 12.3. The molecule has 0 aromatic heterocycles. The summed E-state index contributed by atoms with van der Waals surface area (Å²) in [5.74, 6) is -1.90. The highest BCUT2D eigenvalue weighted by Crippen LogP contribution is 2.31. The van der Waals surface area contributed by atoms with Crippen LogP contribution >= 0.6 is 0 Å². The Morgan fingerprint density at radius 2 is 2.00 bits per heavy atom. The third-order valence-corrected chi connectivity index (χ3v) is 5.23. The molecule has 0 atom stereocenters. The van der Waals surface area contributed by atoms with Crippen molar-refractivity contribution in [3.05, 3.63) is 23.3 Å². The van der Waals surface area contributed by atoms with E-state index in [9.17, 15) is 23.4 Å². The summed E-state index contributed by atoms with van der Waals surface area (Å²) in [4.78, 5) is 10.7. The van der Waals surface area contributed by atoms with Gasteiger partial charge in [-0.05, 0) is 43.9 Å². The molecule has 8 heteroatoms. The van der Waals surface area contributed by atoms with Gasteiger partial charge >= 0.3 is 5.97 Å². The van der Waals surface area contributed by atoms with E-state index in [4.69, 9.17) is 5.11 Å². The number of phenols is 1. The normalized spacial score (nSPS) is 17.2. The van der Waals surface area contributed by atoms with E-state index >= 15 is 0 Å². The van der Waals surface area contributed by atoms with Gasteiger partial charge in [0.2, 0.25) is 10.0 Å². The average molecular weight is 315 g/mol. The maximum atomic E-state index is 12.2. The van der Waals surface area contributed by atoms with Crippen LogP contribution in [0.4, 0.5) is 0 Å². The molecule has 0 bridgehead atoms. The Kier molecular flexibility index (Phi) is 3.96.